The van der Waals surface area contributed by atoms with Gasteiger partial charge in [-0.1, -0.05) is 18.3 Å². The Labute approximate surface area is 99.6 Å². The van der Waals surface area contributed by atoms with Crippen LogP contribution in [0.15, 0.2) is 0 Å². The van der Waals surface area contributed by atoms with Gasteiger partial charge in [-0.3, -0.25) is 4.79 Å². The number of carbonyl (C=O) groups excluding carboxylic acids is 1. The zero-order chi connectivity index (χ0) is 12.1. The molecule has 5 nitrogen and oxygen atoms in total. The second-order valence-electron chi connectivity index (χ2n) is 4.16. The smallest absolute Gasteiger partial charge is 0.264 e. The molecule has 0 aliphatic rings. The molecule has 0 aliphatic carbocycles. The molecule has 3 N–H and O–H groups in total. The van der Waals surface area contributed by atoms with Crippen molar-refractivity contribution < 1.29 is 4.79 Å². The zero-order valence-corrected chi connectivity index (χ0v) is 10.7. The third-order valence-electron chi connectivity index (χ3n) is 2.15. The molecule has 0 bridgehead atoms. The van der Waals surface area contributed by atoms with Crippen LogP contribution in [0.5, 0.6) is 0 Å². The molecule has 1 aromatic rings. The first-order chi connectivity index (χ1) is 7.52. The number of nitrogens with zero attached hydrogens (tertiary/aromatic N) is 2. The molecule has 0 fully saturated rings. The fraction of sp³-hybridized carbons (Fsp3) is 0.700. The van der Waals surface area contributed by atoms with Crippen LogP contribution in [0.25, 0.3) is 0 Å². The minimum atomic E-state index is -0.0978. The van der Waals surface area contributed by atoms with E-state index in [4.69, 9.17) is 5.73 Å². The summed E-state index contributed by atoms with van der Waals surface area (Å²) in [6.45, 7) is 6.50. The summed E-state index contributed by atoms with van der Waals surface area (Å²) in [5.74, 6) is 0.118. The van der Waals surface area contributed by atoms with E-state index in [-0.39, 0.29) is 17.9 Å². The topological polar surface area (TPSA) is 80.9 Å². The highest BCUT2D eigenvalue weighted by atomic mass is 32.1. The Balaban J connectivity index is 2.56. The molecule has 0 aromatic carbocycles. The van der Waals surface area contributed by atoms with Gasteiger partial charge in [0.2, 0.25) is 0 Å². The van der Waals surface area contributed by atoms with Crippen molar-refractivity contribution in [3.63, 3.8) is 0 Å². The Kier molecular flexibility index (Phi) is 4.82. The molecule has 0 radical (unpaired) electrons. The summed E-state index contributed by atoms with van der Waals surface area (Å²) in [6, 6.07) is 0.101. The maximum absolute atomic E-state index is 11.8. The summed E-state index contributed by atoms with van der Waals surface area (Å²) in [5.41, 5.74) is 6.37. The molecular weight excluding hydrogens is 224 g/mol. The van der Waals surface area contributed by atoms with Crippen molar-refractivity contribution in [1.82, 2.24) is 14.9 Å². The van der Waals surface area contributed by atoms with Gasteiger partial charge in [-0.05, 0) is 30.8 Å². The van der Waals surface area contributed by atoms with Crippen molar-refractivity contribution in [2.75, 3.05) is 6.54 Å². The van der Waals surface area contributed by atoms with Crippen molar-refractivity contribution in [3.8, 4) is 0 Å². The van der Waals surface area contributed by atoms with Crippen molar-refractivity contribution in [2.24, 2.45) is 5.73 Å². The summed E-state index contributed by atoms with van der Waals surface area (Å²) in [6.07, 6.45) is 0.773. The van der Waals surface area contributed by atoms with E-state index in [9.17, 15) is 4.79 Å². The van der Waals surface area contributed by atoms with Crippen LogP contribution in [0.2, 0.25) is 0 Å². The molecule has 0 spiro atoms. The number of hydrogen-bond acceptors (Lipinski definition) is 5. The SMILES string of the molecule is CC(N)CCNC(=O)c1snnc1C(C)C. The molecule has 0 saturated carbocycles. The highest BCUT2D eigenvalue weighted by molar-refractivity contribution is 7.08. The predicted molar refractivity (Wildman–Crippen MR) is 64.6 cm³/mol. The van der Waals surface area contributed by atoms with Crippen LogP contribution in [0.3, 0.4) is 0 Å². The number of hydrogen-bond donors (Lipinski definition) is 2. The minimum absolute atomic E-state index is 0.0978. The third-order valence-corrected chi connectivity index (χ3v) is 2.89. The van der Waals surface area contributed by atoms with E-state index in [1.54, 1.807) is 0 Å². The lowest BCUT2D eigenvalue weighted by Crippen LogP contribution is -2.29. The number of aromatic nitrogens is 2. The second-order valence-corrected chi connectivity index (χ2v) is 4.92. The molecule has 0 saturated heterocycles. The molecule has 1 heterocycles. The van der Waals surface area contributed by atoms with E-state index in [0.29, 0.717) is 11.4 Å². The zero-order valence-electron chi connectivity index (χ0n) is 9.86. The lowest BCUT2D eigenvalue weighted by molar-refractivity contribution is 0.0955. The summed E-state index contributed by atoms with van der Waals surface area (Å²) in [7, 11) is 0. The van der Waals surface area contributed by atoms with Gasteiger partial charge in [-0.15, -0.1) is 5.10 Å². The minimum Gasteiger partial charge on any atom is -0.351 e. The van der Waals surface area contributed by atoms with Gasteiger partial charge in [-0.25, -0.2) is 0 Å². The first-order valence-corrected chi connectivity index (χ1v) is 6.15. The molecular formula is C10H18N4OS. The summed E-state index contributed by atoms with van der Waals surface area (Å²) >= 11 is 1.14. The maximum atomic E-state index is 11.8. The molecule has 90 valence electrons. The van der Waals surface area contributed by atoms with Gasteiger partial charge < -0.3 is 11.1 Å². The van der Waals surface area contributed by atoms with Gasteiger partial charge in [0, 0.05) is 12.6 Å². The molecule has 1 atom stereocenters. The lowest BCUT2D eigenvalue weighted by Gasteiger charge is -2.07. The van der Waals surface area contributed by atoms with E-state index in [1.807, 2.05) is 20.8 Å². The van der Waals surface area contributed by atoms with Gasteiger partial charge in [-0.2, -0.15) is 0 Å². The maximum Gasteiger partial charge on any atom is 0.264 e. The highest BCUT2D eigenvalue weighted by Crippen LogP contribution is 2.19. The lowest BCUT2D eigenvalue weighted by atomic mass is 10.1. The van der Waals surface area contributed by atoms with Crippen LogP contribution in [0.4, 0.5) is 0 Å². The monoisotopic (exact) mass is 242 g/mol. The normalized spacial score (nSPS) is 12.8. The molecule has 1 unspecified atom stereocenters. The molecule has 1 amide bonds. The van der Waals surface area contributed by atoms with E-state index in [0.717, 1.165) is 23.6 Å². The predicted octanol–water partition coefficient (Wildman–Crippen LogP) is 1.13. The Bertz CT molecular complexity index is 348. The number of rotatable bonds is 5. The molecule has 1 rings (SSSR count). The first-order valence-electron chi connectivity index (χ1n) is 5.38. The summed E-state index contributed by atoms with van der Waals surface area (Å²) in [5, 5.41) is 6.79. The number of amides is 1. The van der Waals surface area contributed by atoms with Crippen LogP contribution in [-0.4, -0.2) is 28.1 Å². The first kappa shape index (κ1) is 13.1. The number of nitrogens with two attached hydrogens (primary N) is 1. The molecule has 1 aromatic heterocycles. The quantitative estimate of drug-likeness (QED) is 0.811. The van der Waals surface area contributed by atoms with E-state index in [2.05, 4.69) is 14.9 Å². The Hall–Kier alpha value is -1.01. The molecule has 16 heavy (non-hydrogen) atoms. The average molecular weight is 242 g/mol. The number of carbonyl (C=O) groups is 1. The van der Waals surface area contributed by atoms with E-state index < -0.39 is 0 Å². The fourth-order valence-corrected chi connectivity index (χ4v) is 1.96. The Morgan fingerprint density at radius 2 is 2.19 bits per heavy atom. The van der Waals surface area contributed by atoms with Gasteiger partial charge in [0.15, 0.2) is 0 Å². The third kappa shape index (κ3) is 3.53. The molecule has 6 heteroatoms. The highest BCUT2D eigenvalue weighted by Gasteiger charge is 2.18. The van der Waals surface area contributed by atoms with Crippen LogP contribution in [0.1, 0.15) is 48.5 Å². The van der Waals surface area contributed by atoms with E-state index >= 15 is 0 Å². The van der Waals surface area contributed by atoms with Crippen LogP contribution in [0, 0.1) is 0 Å². The summed E-state index contributed by atoms with van der Waals surface area (Å²) in [4.78, 5) is 12.4. The Morgan fingerprint density at radius 3 is 2.75 bits per heavy atom. The van der Waals surface area contributed by atoms with Crippen LogP contribution in [-0.2, 0) is 0 Å². The van der Waals surface area contributed by atoms with Crippen molar-refractivity contribution in [1.29, 1.82) is 0 Å². The largest absolute Gasteiger partial charge is 0.351 e. The van der Waals surface area contributed by atoms with Crippen molar-refractivity contribution >= 4 is 17.4 Å². The van der Waals surface area contributed by atoms with Gasteiger partial charge in [0.1, 0.15) is 4.88 Å². The van der Waals surface area contributed by atoms with Gasteiger partial charge in [0.25, 0.3) is 5.91 Å². The van der Waals surface area contributed by atoms with Crippen molar-refractivity contribution in [3.05, 3.63) is 10.6 Å². The van der Waals surface area contributed by atoms with Gasteiger partial charge in [0.05, 0.1) is 5.69 Å². The van der Waals surface area contributed by atoms with Crippen molar-refractivity contribution in [2.45, 2.75) is 39.2 Å². The van der Waals surface area contributed by atoms with Crippen LogP contribution < -0.4 is 11.1 Å². The van der Waals surface area contributed by atoms with Gasteiger partial charge >= 0.3 is 0 Å². The van der Waals surface area contributed by atoms with E-state index in [1.165, 1.54) is 0 Å². The number of nitrogens with one attached hydrogen (secondary N) is 1. The summed E-state index contributed by atoms with van der Waals surface area (Å²) < 4.78 is 3.81. The Morgan fingerprint density at radius 1 is 1.50 bits per heavy atom. The second kappa shape index (κ2) is 5.91. The fourth-order valence-electron chi connectivity index (χ4n) is 1.23. The standard InChI is InChI=1S/C10H18N4OS/c1-6(2)8-9(16-14-13-8)10(15)12-5-4-7(3)11/h6-7H,4-5,11H2,1-3H3,(H,12,15). The van der Waals surface area contributed by atoms with Crippen LogP contribution >= 0.6 is 11.5 Å². The molecule has 0 aliphatic heterocycles. The average Bonchev–Trinajstić information content (AvgIpc) is 2.65.